The number of ether oxygens (including phenoxy) is 2. The van der Waals surface area contributed by atoms with Gasteiger partial charge in [-0.1, -0.05) is 47.5 Å². The van der Waals surface area contributed by atoms with Crippen LogP contribution in [0.2, 0.25) is 10.0 Å². The Balaban J connectivity index is 0.000000270. The minimum atomic E-state index is -0.665. The average Bonchev–Trinajstić information content (AvgIpc) is 3.40. The number of hydrogen-bond acceptors (Lipinski definition) is 8. The summed E-state index contributed by atoms with van der Waals surface area (Å²) in [6.07, 6.45) is 11.7. The van der Waals surface area contributed by atoms with Crippen molar-refractivity contribution in [3.8, 4) is 0 Å². The minimum absolute atomic E-state index is 0.142. The summed E-state index contributed by atoms with van der Waals surface area (Å²) < 4.78 is 38.5. The Morgan fingerprint density at radius 2 is 1.39 bits per heavy atom. The lowest BCUT2D eigenvalue weighted by Crippen LogP contribution is -2.55. The fraction of sp³-hybridized carbons (Fsp3) is 0.543. The molecule has 3 heterocycles. The Morgan fingerprint density at radius 1 is 0.820 bits per heavy atom. The number of carbonyl (C=O) groups is 3. The summed E-state index contributed by atoms with van der Waals surface area (Å²) in [5, 5.41) is 7.11. The maximum absolute atomic E-state index is 13.8. The molecule has 3 amide bonds. The summed E-state index contributed by atoms with van der Waals surface area (Å²) in [5.74, 6) is -1.02. The number of halogens is 4. The summed E-state index contributed by atoms with van der Waals surface area (Å²) in [7, 11) is 0. The first-order valence-electron chi connectivity index (χ1n) is 21.1. The molecule has 0 aromatic heterocycles. The Hall–Kier alpha value is -4.33. The van der Waals surface area contributed by atoms with E-state index < -0.39 is 23.1 Å². The van der Waals surface area contributed by atoms with E-state index in [0.29, 0.717) is 49.0 Å². The monoisotopic (exact) mass is 888 g/mol. The van der Waals surface area contributed by atoms with Crippen molar-refractivity contribution in [3.05, 3.63) is 95.5 Å². The third-order valence-corrected chi connectivity index (χ3v) is 10.6. The highest BCUT2D eigenvalue weighted by atomic mass is 35.5. The summed E-state index contributed by atoms with van der Waals surface area (Å²) in [4.78, 5) is 46.1. The zero-order valence-electron chi connectivity index (χ0n) is 36.5. The third-order valence-electron chi connectivity index (χ3n) is 10.2. The van der Waals surface area contributed by atoms with Crippen LogP contribution < -0.4 is 10.6 Å². The highest BCUT2D eigenvalue weighted by Gasteiger charge is 2.35. The van der Waals surface area contributed by atoms with Crippen LogP contribution in [0.15, 0.2) is 73.9 Å². The standard InChI is InChI=1S/C24H33ClFN3O3.C22H31ClFN3O2/c1-6-9-21(27-19-14-17(25)13-18(26)15-19)22(30)29(11-7-2)20-10-8-12-28(16-20)23(31)32-24(3,4)5;1-22(2,3)29-21(28)27-10-6-8-20(15-27)26-9-5-4-7-18(14-26)25-19-12-16(23)11-17(24)13-19/h6-7,13-15,20-21,27H,1-2,8-12,16H2,3-5H3;4-5,11-13,18,20,25H,6-10,14-15H2,1-3H3/t20-,21-;18-,20-/m11/s1. The summed E-state index contributed by atoms with van der Waals surface area (Å²) in [5.41, 5.74) is 0.0182. The van der Waals surface area contributed by atoms with E-state index >= 15 is 0 Å². The maximum atomic E-state index is 13.8. The molecule has 61 heavy (non-hydrogen) atoms. The van der Waals surface area contributed by atoms with E-state index in [-0.39, 0.29) is 47.1 Å². The molecular weight excluding hydrogens is 825 g/mol. The number of hydrogen-bond donors (Lipinski definition) is 2. The Kier molecular flexibility index (Phi) is 18.3. The number of carbonyl (C=O) groups excluding carboxylic acids is 3. The van der Waals surface area contributed by atoms with Crippen molar-refractivity contribution >= 4 is 52.7 Å². The van der Waals surface area contributed by atoms with Gasteiger partial charge in [-0.3, -0.25) is 9.69 Å². The lowest BCUT2D eigenvalue weighted by molar-refractivity contribution is -0.134. The average molecular weight is 890 g/mol. The Labute approximate surface area is 371 Å². The number of nitrogens with one attached hydrogen (secondary N) is 2. The van der Waals surface area contributed by atoms with Crippen LogP contribution >= 0.6 is 23.2 Å². The fourth-order valence-corrected chi connectivity index (χ4v) is 8.05. The van der Waals surface area contributed by atoms with Crippen LogP contribution in [0.1, 0.15) is 80.1 Å². The van der Waals surface area contributed by atoms with Gasteiger partial charge < -0.3 is 34.8 Å². The van der Waals surface area contributed by atoms with Gasteiger partial charge in [-0.2, -0.15) is 0 Å². The number of piperidine rings is 2. The second-order valence-electron chi connectivity index (χ2n) is 17.8. The topological polar surface area (TPSA) is 107 Å². The number of anilines is 2. The molecule has 2 saturated heterocycles. The molecule has 4 atom stereocenters. The lowest BCUT2D eigenvalue weighted by atomic mass is 10.0. The first kappa shape index (κ1) is 49.3. The summed E-state index contributed by atoms with van der Waals surface area (Å²) >= 11 is 11.9. The van der Waals surface area contributed by atoms with Crippen molar-refractivity contribution in [1.82, 2.24) is 19.6 Å². The first-order chi connectivity index (χ1) is 28.7. The van der Waals surface area contributed by atoms with Crippen LogP contribution in [-0.2, 0) is 14.3 Å². The number of likely N-dealkylation sites (tertiary alicyclic amines) is 2. The smallest absolute Gasteiger partial charge is 0.410 e. The Morgan fingerprint density at radius 3 is 1.97 bits per heavy atom. The van der Waals surface area contributed by atoms with Crippen LogP contribution in [0.25, 0.3) is 0 Å². The van der Waals surface area contributed by atoms with Crippen molar-refractivity contribution < 1.29 is 32.6 Å². The van der Waals surface area contributed by atoms with E-state index in [1.807, 2.05) is 46.4 Å². The second-order valence-corrected chi connectivity index (χ2v) is 18.6. The van der Waals surface area contributed by atoms with E-state index in [9.17, 15) is 23.2 Å². The van der Waals surface area contributed by atoms with Crippen LogP contribution in [-0.4, -0.2) is 119 Å². The van der Waals surface area contributed by atoms with Gasteiger partial charge in [0.15, 0.2) is 0 Å². The second kappa shape index (κ2) is 22.7. The molecule has 0 unspecified atom stereocenters. The SMILES string of the molecule is C=CC[C@@H](Nc1cc(F)cc(Cl)c1)C(=O)N(CC=C)[C@@H]1CCCN(C(=O)OC(C)(C)C)C1.CC(C)(C)OC(=O)N1CCC[C@@H](N2CC=CC[C@@H](Nc3cc(F)cc(Cl)c3)C2)C1. The predicted molar refractivity (Wildman–Crippen MR) is 241 cm³/mol. The van der Waals surface area contributed by atoms with Gasteiger partial charge >= 0.3 is 12.2 Å². The molecule has 2 N–H and O–H groups in total. The molecule has 0 radical (unpaired) electrons. The highest BCUT2D eigenvalue weighted by Crippen LogP contribution is 2.26. The molecule has 0 bridgehead atoms. The van der Waals surface area contributed by atoms with Gasteiger partial charge in [0, 0.05) is 85.4 Å². The molecule has 0 spiro atoms. The molecule has 15 heteroatoms. The van der Waals surface area contributed by atoms with E-state index in [2.05, 4.69) is 40.8 Å². The van der Waals surface area contributed by atoms with Gasteiger partial charge in [-0.05, 0) is 116 Å². The van der Waals surface area contributed by atoms with Crippen LogP contribution in [0.4, 0.5) is 29.7 Å². The first-order valence-corrected chi connectivity index (χ1v) is 21.8. The van der Waals surface area contributed by atoms with Crippen LogP contribution in [0.5, 0.6) is 0 Å². The predicted octanol–water partition coefficient (Wildman–Crippen LogP) is 10.2. The quantitative estimate of drug-likeness (QED) is 0.215. The van der Waals surface area contributed by atoms with Gasteiger partial charge in [-0.25, -0.2) is 18.4 Å². The zero-order chi connectivity index (χ0) is 44.9. The van der Waals surface area contributed by atoms with Crippen molar-refractivity contribution in [2.75, 3.05) is 56.4 Å². The summed E-state index contributed by atoms with van der Waals surface area (Å²) in [6.45, 7) is 23.0. The van der Waals surface area contributed by atoms with Gasteiger partial charge in [0.25, 0.3) is 0 Å². The van der Waals surface area contributed by atoms with E-state index in [4.69, 9.17) is 32.7 Å². The molecule has 3 aliphatic heterocycles. The van der Waals surface area contributed by atoms with E-state index in [1.165, 1.54) is 24.3 Å². The molecule has 3 aliphatic rings. The van der Waals surface area contributed by atoms with Crippen molar-refractivity contribution in [1.29, 1.82) is 0 Å². The number of amides is 3. The molecule has 2 aromatic rings. The van der Waals surface area contributed by atoms with Crippen LogP contribution in [0, 0.1) is 11.6 Å². The molecule has 11 nitrogen and oxygen atoms in total. The summed E-state index contributed by atoms with van der Waals surface area (Å²) in [6, 6.07) is 8.14. The molecule has 0 saturated carbocycles. The normalized spacial score (nSPS) is 20.3. The van der Waals surface area contributed by atoms with Crippen molar-refractivity contribution in [2.24, 2.45) is 0 Å². The molecule has 5 rings (SSSR count). The molecule has 2 fully saturated rings. The maximum Gasteiger partial charge on any atom is 0.410 e. The van der Waals surface area contributed by atoms with Gasteiger partial charge in [0.1, 0.15) is 28.9 Å². The third kappa shape index (κ3) is 16.5. The highest BCUT2D eigenvalue weighted by molar-refractivity contribution is 6.31. The molecule has 336 valence electrons. The largest absolute Gasteiger partial charge is 0.444 e. The lowest BCUT2D eigenvalue weighted by Gasteiger charge is -2.40. The minimum Gasteiger partial charge on any atom is -0.444 e. The van der Waals surface area contributed by atoms with Gasteiger partial charge in [-0.15, -0.1) is 13.2 Å². The zero-order valence-corrected chi connectivity index (χ0v) is 38.0. The Bertz CT molecular complexity index is 1810. The number of nitrogens with zero attached hydrogens (tertiary/aromatic N) is 4. The number of rotatable bonds is 11. The fourth-order valence-electron chi connectivity index (χ4n) is 7.61. The van der Waals surface area contributed by atoms with Gasteiger partial charge in [0.05, 0.1) is 0 Å². The molecule has 2 aromatic carbocycles. The van der Waals surface area contributed by atoms with Gasteiger partial charge in [0.2, 0.25) is 5.91 Å². The van der Waals surface area contributed by atoms with E-state index in [1.54, 1.807) is 34.1 Å². The van der Waals surface area contributed by atoms with Crippen molar-refractivity contribution in [2.45, 2.75) is 115 Å². The molecular formula is C46H64Cl2F2N6O5. The van der Waals surface area contributed by atoms with Crippen molar-refractivity contribution in [3.63, 3.8) is 0 Å². The molecule has 0 aliphatic carbocycles. The van der Waals surface area contributed by atoms with E-state index in [0.717, 1.165) is 51.7 Å². The van der Waals surface area contributed by atoms with Crippen LogP contribution in [0.3, 0.4) is 0 Å². The number of benzene rings is 2.